The van der Waals surface area contributed by atoms with Crippen LogP contribution < -0.4 is 21.5 Å². The third-order valence-electron chi connectivity index (χ3n) is 5.33. The van der Waals surface area contributed by atoms with Crippen molar-refractivity contribution in [2.24, 2.45) is 0 Å². The molecule has 0 saturated carbocycles. The summed E-state index contributed by atoms with van der Waals surface area (Å²) in [6, 6.07) is 5.98. The molecule has 1 saturated heterocycles. The number of H-pyrrole nitrogens is 1. The van der Waals surface area contributed by atoms with Gasteiger partial charge < -0.3 is 26.3 Å². The van der Waals surface area contributed by atoms with E-state index in [0.717, 1.165) is 48.4 Å². The molecule has 154 valence electrons. The van der Waals surface area contributed by atoms with Crippen LogP contribution in [0.3, 0.4) is 0 Å². The van der Waals surface area contributed by atoms with Crippen LogP contribution in [0.1, 0.15) is 51.1 Å². The van der Waals surface area contributed by atoms with Crippen molar-refractivity contribution in [2.75, 3.05) is 18.4 Å². The van der Waals surface area contributed by atoms with E-state index in [9.17, 15) is 9.59 Å². The fraction of sp³-hybridized carbons (Fsp3) is 0.409. The lowest BCUT2D eigenvalue weighted by atomic mass is 9.99. The maximum atomic E-state index is 12.9. The van der Waals surface area contributed by atoms with Crippen molar-refractivity contribution >= 4 is 17.8 Å². The number of aromatic nitrogens is 1. The largest absolute Gasteiger partial charge is 0.382 e. The van der Waals surface area contributed by atoms with Crippen LogP contribution in [0.15, 0.2) is 23.0 Å². The van der Waals surface area contributed by atoms with Crippen LogP contribution in [0.25, 0.3) is 0 Å². The monoisotopic (exact) mass is 395 g/mol. The molecular formula is C22H29N5O2. The van der Waals surface area contributed by atoms with Crippen LogP contribution in [-0.4, -0.2) is 36.2 Å². The van der Waals surface area contributed by atoms with Crippen LogP contribution >= 0.6 is 0 Å². The van der Waals surface area contributed by atoms with Gasteiger partial charge in [0, 0.05) is 41.3 Å². The van der Waals surface area contributed by atoms with Crippen molar-refractivity contribution in [3.8, 4) is 0 Å². The fourth-order valence-corrected chi connectivity index (χ4v) is 3.81. The Morgan fingerprint density at radius 3 is 2.59 bits per heavy atom. The van der Waals surface area contributed by atoms with Gasteiger partial charge >= 0.3 is 0 Å². The van der Waals surface area contributed by atoms with E-state index in [0.29, 0.717) is 22.7 Å². The third-order valence-corrected chi connectivity index (χ3v) is 5.33. The Hall–Kier alpha value is -2.93. The minimum absolute atomic E-state index is 0.142. The minimum Gasteiger partial charge on any atom is -0.382 e. The maximum Gasteiger partial charge on any atom is 0.253 e. The predicted octanol–water partition coefficient (Wildman–Crippen LogP) is 2.39. The summed E-state index contributed by atoms with van der Waals surface area (Å²) < 4.78 is 0. The maximum absolute atomic E-state index is 12.9. The lowest BCUT2D eigenvalue weighted by molar-refractivity contribution is 0.0950. The van der Waals surface area contributed by atoms with Gasteiger partial charge in [0.05, 0.1) is 5.56 Å². The van der Waals surface area contributed by atoms with E-state index in [4.69, 9.17) is 5.41 Å². The third kappa shape index (κ3) is 4.92. The highest BCUT2D eigenvalue weighted by Gasteiger charge is 2.19. The van der Waals surface area contributed by atoms with Crippen LogP contribution in [0, 0.1) is 26.2 Å². The number of hydrogen-bond acceptors (Lipinski definition) is 5. The molecule has 1 aliphatic rings. The Bertz CT molecular complexity index is 974. The molecule has 7 nitrogen and oxygen atoms in total. The second-order valence-corrected chi connectivity index (χ2v) is 7.71. The molecule has 0 atom stereocenters. The number of amides is 1. The van der Waals surface area contributed by atoms with Crippen molar-refractivity contribution in [1.82, 2.24) is 15.6 Å². The Labute approximate surface area is 170 Å². The predicted molar refractivity (Wildman–Crippen MR) is 116 cm³/mol. The molecule has 0 aliphatic carbocycles. The summed E-state index contributed by atoms with van der Waals surface area (Å²) in [5.74, 6) is -0.292. The molecule has 29 heavy (non-hydrogen) atoms. The van der Waals surface area contributed by atoms with Gasteiger partial charge in [-0.3, -0.25) is 9.59 Å². The van der Waals surface area contributed by atoms with E-state index in [-0.39, 0.29) is 18.0 Å². The van der Waals surface area contributed by atoms with E-state index >= 15 is 0 Å². The standard InChI is InChI=1S/C22H29N5O2/c1-13-8-17(18(11-23)20(9-13)27-16-4-6-24-7-5-16)21(28)25-12-19-14(2)10-15(3)26-22(19)29/h8-11,16,23-24,27H,4-7,12H2,1-3H3,(H,25,28)(H,26,29). The zero-order chi connectivity index (χ0) is 21.0. The van der Waals surface area contributed by atoms with Gasteiger partial charge in [-0.2, -0.15) is 0 Å². The molecule has 2 aromatic rings. The van der Waals surface area contributed by atoms with Gasteiger partial charge in [0.2, 0.25) is 0 Å². The molecule has 3 rings (SSSR count). The highest BCUT2D eigenvalue weighted by Crippen LogP contribution is 2.23. The normalized spacial score (nSPS) is 14.4. The first-order valence-corrected chi connectivity index (χ1v) is 9.99. The van der Waals surface area contributed by atoms with Gasteiger partial charge in [-0.1, -0.05) is 0 Å². The van der Waals surface area contributed by atoms with Crippen molar-refractivity contribution in [3.05, 3.63) is 62.1 Å². The topological polar surface area (TPSA) is 110 Å². The average molecular weight is 396 g/mol. The summed E-state index contributed by atoms with van der Waals surface area (Å²) in [6.07, 6.45) is 3.23. The summed E-state index contributed by atoms with van der Waals surface area (Å²) >= 11 is 0. The molecular weight excluding hydrogens is 366 g/mol. The summed E-state index contributed by atoms with van der Waals surface area (Å²) in [5, 5.41) is 17.6. The molecule has 1 amide bonds. The first kappa shape index (κ1) is 20.8. The first-order valence-electron chi connectivity index (χ1n) is 9.99. The van der Waals surface area contributed by atoms with Crippen molar-refractivity contribution in [1.29, 1.82) is 5.41 Å². The van der Waals surface area contributed by atoms with E-state index in [1.165, 1.54) is 6.21 Å². The van der Waals surface area contributed by atoms with Crippen LogP contribution in [-0.2, 0) is 6.54 Å². The lowest BCUT2D eigenvalue weighted by Crippen LogP contribution is -2.35. The van der Waals surface area contributed by atoms with Gasteiger partial charge in [-0.25, -0.2) is 0 Å². The smallest absolute Gasteiger partial charge is 0.253 e. The second-order valence-electron chi connectivity index (χ2n) is 7.71. The van der Waals surface area contributed by atoms with E-state index in [1.807, 2.05) is 32.9 Å². The number of pyridine rings is 1. The minimum atomic E-state index is -0.292. The Kier molecular flexibility index (Phi) is 6.49. The van der Waals surface area contributed by atoms with Crippen LogP contribution in [0.2, 0.25) is 0 Å². The number of hydrogen-bond donors (Lipinski definition) is 5. The number of nitrogens with one attached hydrogen (secondary N) is 5. The molecule has 1 fully saturated rings. The molecule has 7 heteroatoms. The van der Waals surface area contributed by atoms with Crippen LogP contribution in [0.4, 0.5) is 5.69 Å². The van der Waals surface area contributed by atoms with Gasteiger partial charge in [0.15, 0.2) is 0 Å². The highest BCUT2D eigenvalue weighted by molar-refractivity contribution is 6.05. The summed E-state index contributed by atoms with van der Waals surface area (Å²) in [5.41, 5.74) is 4.76. The zero-order valence-electron chi connectivity index (χ0n) is 17.2. The number of carbonyl (C=O) groups is 1. The SMILES string of the molecule is Cc1cc(NC2CCNCC2)c(C=N)c(C(=O)NCc2c(C)cc(C)[nH]c2=O)c1. The fourth-order valence-electron chi connectivity index (χ4n) is 3.81. The van der Waals surface area contributed by atoms with Crippen molar-refractivity contribution in [2.45, 2.75) is 46.2 Å². The van der Waals surface area contributed by atoms with Crippen molar-refractivity contribution in [3.63, 3.8) is 0 Å². The Morgan fingerprint density at radius 2 is 1.93 bits per heavy atom. The number of benzene rings is 1. The average Bonchev–Trinajstić information content (AvgIpc) is 2.67. The van der Waals surface area contributed by atoms with E-state index < -0.39 is 0 Å². The number of piperidine rings is 1. The Balaban J connectivity index is 1.82. The van der Waals surface area contributed by atoms with Gasteiger partial charge in [-0.15, -0.1) is 0 Å². The molecule has 1 aromatic carbocycles. The molecule has 0 spiro atoms. The van der Waals surface area contributed by atoms with Crippen LogP contribution in [0.5, 0.6) is 0 Å². The quantitative estimate of drug-likeness (QED) is 0.484. The summed E-state index contributed by atoms with van der Waals surface area (Å²) in [4.78, 5) is 27.9. The van der Waals surface area contributed by atoms with E-state index in [2.05, 4.69) is 20.9 Å². The summed E-state index contributed by atoms with van der Waals surface area (Å²) in [6.45, 7) is 7.69. The number of carbonyl (C=O) groups excluding carboxylic acids is 1. The molecule has 0 bridgehead atoms. The number of anilines is 1. The molecule has 5 N–H and O–H groups in total. The molecule has 0 unspecified atom stereocenters. The van der Waals surface area contributed by atoms with Gasteiger partial charge in [0.1, 0.15) is 0 Å². The summed E-state index contributed by atoms with van der Waals surface area (Å²) in [7, 11) is 0. The molecule has 2 heterocycles. The lowest BCUT2D eigenvalue weighted by Gasteiger charge is -2.26. The number of rotatable bonds is 6. The second kappa shape index (κ2) is 9.05. The number of aryl methyl sites for hydroxylation is 3. The molecule has 1 aromatic heterocycles. The van der Waals surface area contributed by atoms with Gasteiger partial charge in [0.25, 0.3) is 11.5 Å². The number of aromatic amines is 1. The first-order chi connectivity index (χ1) is 13.9. The Morgan fingerprint density at radius 1 is 1.21 bits per heavy atom. The van der Waals surface area contributed by atoms with Crippen molar-refractivity contribution < 1.29 is 4.79 Å². The van der Waals surface area contributed by atoms with Gasteiger partial charge in [-0.05, 0) is 76.0 Å². The zero-order valence-corrected chi connectivity index (χ0v) is 17.2. The highest BCUT2D eigenvalue weighted by atomic mass is 16.1. The molecule has 1 aliphatic heterocycles. The van der Waals surface area contributed by atoms with E-state index in [1.54, 1.807) is 6.07 Å². The molecule has 0 radical (unpaired) electrons.